The fourth-order valence-corrected chi connectivity index (χ4v) is 4.82. The van der Waals surface area contributed by atoms with Crippen molar-refractivity contribution in [2.45, 2.75) is 57.0 Å². The molecule has 1 saturated carbocycles. The molecule has 5 nitrogen and oxygen atoms in total. The first-order valence-electron chi connectivity index (χ1n) is 9.83. The van der Waals surface area contributed by atoms with Gasteiger partial charge in [-0.1, -0.05) is 13.0 Å². The molecular weight excluding hydrogens is 324 g/mol. The SMILES string of the molecule is CC1C[C@@H]1c1ccc(NC(=O)N2C3CCCC2C3)cc1-c1ccn(C)n1. The number of amides is 2. The lowest BCUT2D eigenvalue weighted by Crippen LogP contribution is -2.62. The minimum atomic E-state index is 0.0606. The lowest BCUT2D eigenvalue weighted by Gasteiger charge is -2.52. The zero-order valence-electron chi connectivity index (χ0n) is 15.5. The molecule has 5 rings (SSSR count). The van der Waals surface area contributed by atoms with E-state index in [1.165, 1.54) is 24.8 Å². The summed E-state index contributed by atoms with van der Waals surface area (Å²) < 4.78 is 1.84. The van der Waals surface area contributed by atoms with Gasteiger partial charge in [-0.3, -0.25) is 4.68 Å². The summed E-state index contributed by atoms with van der Waals surface area (Å²) >= 11 is 0. The second kappa shape index (κ2) is 5.86. The molecule has 3 aliphatic rings. The Hall–Kier alpha value is -2.30. The topological polar surface area (TPSA) is 50.2 Å². The lowest BCUT2D eigenvalue weighted by molar-refractivity contribution is 0.0173. The molecule has 26 heavy (non-hydrogen) atoms. The minimum absolute atomic E-state index is 0.0606. The van der Waals surface area contributed by atoms with E-state index in [2.05, 4.69) is 46.5 Å². The molecule has 2 saturated heterocycles. The van der Waals surface area contributed by atoms with Crippen LogP contribution < -0.4 is 5.32 Å². The summed E-state index contributed by atoms with van der Waals surface area (Å²) in [6.45, 7) is 2.30. The fraction of sp³-hybridized carbons (Fsp3) is 0.524. The van der Waals surface area contributed by atoms with Gasteiger partial charge in [-0.05, 0) is 67.7 Å². The third-order valence-corrected chi connectivity index (χ3v) is 6.44. The number of anilines is 1. The molecule has 136 valence electrons. The second-order valence-corrected chi connectivity index (χ2v) is 8.31. The van der Waals surface area contributed by atoms with Crippen LogP contribution in [0, 0.1) is 5.92 Å². The molecule has 1 aromatic heterocycles. The number of nitrogens with zero attached hydrogens (tertiary/aromatic N) is 3. The predicted molar refractivity (Wildman–Crippen MR) is 102 cm³/mol. The van der Waals surface area contributed by atoms with Gasteiger partial charge < -0.3 is 10.2 Å². The first-order chi connectivity index (χ1) is 12.6. The van der Waals surface area contributed by atoms with Crippen molar-refractivity contribution in [3.05, 3.63) is 36.0 Å². The van der Waals surface area contributed by atoms with Gasteiger partial charge in [0.2, 0.25) is 0 Å². The molecule has 0 radical (unpaired) electrons. The van der Waals surface area contributed by atoms with Crippen molar-refractivity contribution in [2.75, 3.05) is 5.32 Å². The number of fused-ring (bicyclic) bond motifs is 2. The summed E-state index contributed by atoms with van der Waals surface area (Å²) in [6, 6.07) is 9.37. The molecule has 2 aromatic rings. The quantitative estimate of drug-likeness (QED) is 0.894. The smallest absolute Gasteiger partial charge is 0.318 e. The standard InChI is InChI=1S/C21H26N4O/c1-13-10-18(13)17-7-6-14(11-19(17)20-8-9-24(2)23-20)22-21(26)25-15-4-3-5-16(25)12-15/h6-9,11,13,15-16,18H,3-5,10,12H2,1-2H3,(H,22,26)/t13?,15?,16?,18-/m0/s1. The Labute approximate surface area is 154 Å². The average molecular weight is 350 g/mol. The van der Waals surface area contributed by atoms with Crippen LogP contribution in [0.1, 0.15) is 50.5 Å². The summed E-state index contributed by atoms with van der Waals surface area (Å²) in [5, 5.41) is 7.74. The van der Waals surface area contributed by atoms with E-state index in [4.69, 9.17) is 0 Å². The first-order valence-corrected chi connectivity index (χ1v) is 9.83. The van der Waals surface area contributed by atoms with Gasteiger partial charge in [-0.25, -0.2) is 4.79 Å². The van der Waals surface area contributed by atoms with E-state index in [0.29, 0.717) is 18.0 Å². The number of aryl methyl sites for hydroxylation is 1. The largest absolute Gasteiger partial charge is 0.322 e. The van der Waals surface area contributed by atoms with E-state index < -0.39 is 0 Å². The molecule has 3 fully saturated rings. The van der Waals surface area contributed by atoms with E-state index in [0.717, 1.165) is 35.7 Å². The molecule has 2 bridgehead atoms. The van der Waals surface area contributed by atoms with Crippen molar-refractivity contribution in [3.8, 4) is 11.3 Å². The molecule has 0 spiro atoms. The van der Waals surface area contributed by atoms with E-state index in [-0.39, 0.29) is 6.03 Å². The molecule has 2 amide bonds. The summed E-state index contributed by atoms with van der Waals surface area (Å²) in [4.78, 5) is 14.8. The van der Waals surface area contributed by atoms with Crippen molar-refractivity contribution < 1.29 is 4.79 Å². The van der Waals surface area contributed by atoms with Gasteiger partial charge >= 0.3 is 6.03 Å². The van der Waals surface area contributed by atoms with Crippen LogP contribution in [-0.2, 0) is 7.05 Å². The van der Waals surface area contributed by atoms with Crippen LogP contribution in [0.5, 0.6) is 0 Å². The van der Waals surface area contributed by atoms with Gasteiger partial charge in [-0.2, -0.15) is 5.10 Å². The number of carbonyl (C=O) groups is 1. The number of piperidine rings is 1. The van der Waals surface area contributed by atoms with Crippen molar-refractivity contribution in [3.63, 3.8) is 0 Å². The number of hydrogen-bond acceptors (Lipinski definition) is 2. The Morgan fingerprint density at radius 3 is 2.58 bits per heavy atom. The number of hydrogen-bond donors (Lipinski definition) is 1. The van der Waals surface area contributed by atoms with Gasteiger partial charge in [0.15, 0.2) is 0 Å². The van der Waals surface area contributed by atoms with Crippen molar-refractivity contribution >= 4 is 11.7 Å². The normalized spacial score (nSPS) is 29.2. The Morgan fingerprint density at radius 2 is 1.96 bits per heavy atom. The average Bonchev–Trinajstić information content (AvgIpc) is 3.19. The van der Waals surface area contributed by atoms with Crippen LogP contribution in [0.3, 0.4) is 0 Å². The summed E-state index contributed by atoms with van der Waals surface area (Å²) in [5.74, 6) is 1.35. The number of nitrogens with one attached hydrogen (secondary N) is 1. The van der Waals surface area contributed by atoms with Crippen LogP contribution in [0.4, 0.5) is 10.5 Å². The number of rotatable bonds is 3. The molecule has 5 heteroatoms. The maximum absolute atomic E-state index is 12.7. The summed E-state index contributed by atoms with van der Waals surface area (Å²) in [7, 11) is 1.94. The van der Waals surface area contributed by atoms with Crippen LogP contribution in [-0.4, -0.2) is 32.8 Å². The van der Waals surface area contributed by atoms with E-state index in [1.54, 1.807) is 0 Å². The lowest BCUT2D eigenvalue weighted by atomic mass is 9.80. The zero-order valence-corrected chi connectivity index (χ0v) is 15.5. The third-order valence-electron chi connectivity index (χ3n) is 6.44. The number of carbonyl (C=O) groups excluding carboxylic acids is 1. The molecule has 3 heterocycles. The Balaban J connectivity index is 1.42. The second-order valence-electron chi connectivity index (χ2n) is 8.31. The van der Waals surface area contributed by atoms with Gasteiger partial charge in [0.05, 0.1) is 5.69 Å². The van der Waals surface area contributed by atoms with Crippen LogP contribution >= 0.6 is 0 Å². The molecular formula is C21H26N4O. The van der Waals surface area contributed by atoms with E-state index in [1.807, 2.05) is 17.9 Å². The van der Waals surface area contributed by atoms with E-state index in [9.17, 15) is 4.79 Å². The highest BCUT2D eigenvalue weighted by Crippen LogP contribution is 2.50. The van der Waals surface area contributed by atoms with Crippen LogP contribution in [0.2, 0.25) is 0 Å². The monoisotopic (exact) mass is 350 g/mol. The van der Waals surface area contributed by atoms with Crippen molar-refractivity contribution in [1.29, 1.82) is 0 Å². The number of urea groups is 1. The molecule has 1 aromatic carbocycles. The Morgan fingerprint density at radius 1 is 1.19 bits per heavy atom. The molecule has 1 N–H and O–H groups in total. The maximum Gasteiger partial charge on any atom is 0.322 e. The maximum atomic E-state index is 12.7. The van der Waals surface area contributed by atoms with E-state index >= 15 is 0 Å². The summed E-state index contributed by atoms with van der Waals surface area (Å²) in [6.07, 6.45) is 7.97. The molecule has 3 unspecified atom stereocenters. The minimum Gasteiger partial charge on any atom is -0.318 e. The Bertz CT molecular complexity index is 843. The zero-order chi connectivity index (χ0) is 17.8. The Kier molecular flexibility index (Phi) is 3.59. The molecule has 1 aliphatic carbocycles. The summed E-state index contributed by atoms with van der Waals surface area (Å²) in [5.41, 5.74) is 4.37. The van der Waals surface area contributed by atoms with Crippen molar-refractivity contribution in [2.24, 2.45) is 13.0 Å². The highest BCUT2D eigenvalue weighted by Gasteiger charge is 2.44. The molecule has 2 aliphatic heterocycles. The van der Waals surface area contributed by atoms with Gasteiger partial charge in [0.25, 0.3) is 0 Å². The fourth-order valence-electron chi connectivity index (χ4n) is 4.82. The predicted octanol–water partition coefficient (Wildman–Crippen LogP) is 4.37. The molecule has 4 atom stereocenters. The van der Waals surface area contributed by atoms with Crippen molar-refractivity contribution in [1.82, 2.24) is 14.7 Å². The van der Waals surface area contributed by atoms with Crippen LogP contribution in [0.15, 0.2) is 30.5 Å². The number of benzene rings is 1. The highest BCUT2D eigenvalue weighted by molar-refractivity contribution is 5.91. The van der Waals surface area contributed by atoms with Gasteiger partial charge in [0, 0.05) is 36.6 Å². The van der Waals surface area contributed by atoms with Crippen LogP contribution in [0.25, 0.3) is 11.3 Å². The van der Waals surface area contributed by atoms with Gasteiger partial charge in [-0.15, -0.1) is 0 Å². The third kappa shape index (κ3) is 2.61. The first kappa shape index (κ1) is 15.9. The van der Waals surface area contributed by atoms with Gasteiger partial charge in [0.1, 0.15) is 0 Å². The number of aromatic nitrogens is 2. The highest BCUT2D eigenvalue weighted by atomic mass is 16.2.